The Balaban J connectivity index is 1.93. The van der Waals surface area contributed by atoms with Gasteiger partial charge in [0.15, 0.2) is 5.60 Å². The molecule has 8 heteroatoms. The van der Waals surface area contributed by atoms with E-state index in [9.17, 15) is 23.1 Å². The van der Waals surface area contributed by atoms with E-state index in [4.69, 9.17) is 5.73 Å². The Kier molecular flexibility index (Phi) is 5.16. The molecule has 0 aromatic heterocycles. The molecule has 1 aliphatic rings. The maximum atomic E-state index is 12.2. The van der Waals surface area contributed by atoms with Crippen LogP contribution >= 0.6 is 0 Å². The molecule has 0 radical (unpaired) electrons. The number of aliphatic hydroxyl groups is 1. The Morgan fingerprint density at radius 3 is 2.83 bits per heavy atom. The molecular weight excluding hydrogens is 313 g/mol. The molecule has 23 heavy (non-hydrogen) atoms. The van der Waals surface area contributed by atoms with Crippen molar-refractivity contribution in [1.29, 1.82) is 0 Å². The van der Waals surface area contributed by atoms with Crippen molar-refractivity contribution < 1.29 is 27.8 Å². The fraction of sp³-hybridized carbons (Fsp3) is 0.533. The van der Waals surface area contributed by atoms with Gasteiger partial charge in [-0.15, -0.1) is 13.2 Å². The predicted octanol–water partition coefficient (Wildman–Crippen LogP) is 1.44. The molecule has 1 aromatic carbocycles. The van der Waals surface area contributed by atoms with Crippen LogP contribution in [0.3, 0.4) is 0 Å². The highest BCUT2D eigenvalue weighted by Gasteiger charge is 2.38. The number of rotatable bonds is 5. The van der Waals surface area contributed by atoms with Crippen LogP contribution < -0.4 is 10.5 Å². The zero-order valence-corrected chi connectivity index (χ0v) is 12.5. The molecule has 1 saturated heterocycles. The molecular formula is C15H19F3N2O3. The van der Waals surface area contributed by atoms with Crippen LogP contribution in [0.15, 0.2) is 24.3 Å². The van der Waals surface area contributed by atoms with Crippen molar-refractivity contribution in [1.82, 2.24) is 4.90 Å². The quantitative estimate of drug-likeness (QED) is 0.855. The van der Waals surface area contributed by atoms with Gasteiger partial charge in [-0.1, -0.05) is 12.1 Å². The van der Waals surface area contributed by atoms with Gasteiger partial charge in [-0.3, -0.25) is 9.69 Å². The van der Waals surface area contributed by atoms with E-state index in [0.717, 1.165) is 0 Å². The topological polar surface area (TPSA) is 75.8 Å². The Hall–Kier alpha value is -1.80. The highest BCUT2D eigenvalue weighted by molar-refractivity contribution is 5.83. The number of amides is 1. The zero-order valence-electron chi connectivity index (χ0n) is 12.5. The summed E-state index contributed by atoms with van der Waals surface area (Å²) in [5.74, 6) is -1.01. The number of nitrogens with zero attached hydrogens (tertiary/aromatic N) is 1. The minimum Gasteiger partial charge on any atom is -0.406 e. The number of nitrogens with two attached hydrogens (primary N) is 1. The van der Waals surface area contributed by atoms with Gasteiger partial charge in [0.05, 0.1) is 0 Å². The van der Waals surface area contributed by atoms with Crippen LogP contribution in [-0.4, -0.2) is 47.5 Å². The molecule has 1 aromatic rings. The van der Waals surface area contributed by atoms with E-state index in [1.165, 1.54) is 18.2 Å². The first-order valence-electron chi connectivity index (χ1n) is 7.27. The second-order valence-corrected chi connectivity index (χ2v) is 5.72. The van der Waals surface area contributed by atoms with Crippen molar-refractivity contribution in [3.05, 3.63) is 29.8 Å². The van der Waals surface area contributed by atoms with Gasteiger partial charge in [0.1, 0.15) is 5.75 Å². The van der Waals surface area contributed by atoms with E-state index in [-0.39, 0.29) is 12.3 Å². The highest BCUT2D eigenvalue weighted by atomic mass is 19.4. The van der Waals surface area contributed by atoms with Crippen molar-refractivity contribution >= 4 is 5.91 Å². The van der Waals surface area contributed by atoms with Crippen molar-refractivity contribution in [3.8, 4) is 5.75 Å². The number of hydrogen-bond donors (Lipinski definition) is 2. The van der Waals surface area contributed by atoms with Crippen LogP contribution in [0.1, 0.15) is 18.4 Å². The number of piperidine rings is 1. The summed E-state index contributed by atoms with van der Waals surface area (Å²) in [6.07, 6.45) is -3.28. The number of β-amino-alcohol motifs (C(OH)–C–C–N with tert-alkyl or cyclic N) is 1. The third-order valence-corrected chi connectivity index (χ3v) is 3.86. The van der Waals surface area contributed by atoms with Crippen molar-refractivity contribution in [2.75, 3.05) is 19.6 Å². The van der Waals surface area contributed by atoms with Crippen molar-refractivity contribution in [2.45, 2.75) is 31.2 Å². The number of benzene rings is 1. The summed E-state index contributed by atoms with van der Waals surface area (Å²) in [4.78, 5) is 13.2. The number of hydrogen-bond acceptors (Lipinski definition) is 4. The van der Waals surface area contributed by atoms with Crippen LogP contribution in [0, 0.1) is 0 Å². The lowest BCUT2D eigenvalue weighted by Crippen LogP contribution is -2.56. The summed E-state index contributed by atoms with van der Waals surface area (Å²) >= 11 is 0. The largest absolute Gasteiger partial charge is 0.573 e. The Labute approximate surface area is 131 Å². The van der Waals surface area contributed by atoms with E-state index in [2.05, 4.69) is 4.74 Å². The van der Waals surface area contributed by atoms with E-state index >= 15 is 0 Å². The Morgan fingerprint density at radius 1 is 1.43 bits per heavy atom. The minimum atomic E-state index is -4.72. The van der Waals surface area contributed by atoms with E-state index in [1.807, 2.05) is 4.90 Å². The Morgan fingerprint density at radius 2 is 2.17 bits per heavy atom. The number of carbonyl (C=O) groups is 1. The SMILES string of the molecule is NC(=O)[C@]1(O)CCCN(CCc2cccc(OC(F)(F)F)c2)C1. The molecule has 1 aliphatic heterocycles. The van der Waals surface area contributed by atoms with Gasteiger partial charge in [0.2, 0.25) is 0 Å². The summed E-state index contributed by atoms with van der Waals surface area (Å²) in [5.41, 5.74) is 4.36. The highest BCUT2D eigenvalue weighted by Crippen LogP contribution is 2.24. The predicted molar refractivity (Wildman–Crippen MR) is 76.6 cm³/mol. The smallest absolute Gasteiger partial charge is 0.406 e. The van der Waals surface area contributed by atoms with E-state index in [0.29, 0.717) is 37.9 Å². The molecule has 0 unspecified atom stereocenters. The molecule has 128 valence electrons. The van der Waals surface area contributed by atoms with Gasteiger partial charge < -0.3 is 15.6 Å². The molecule has 5 nitrogen and oxygen atoms in total. The van der Waals surface area contributed by atoms with Gasteiger partial charge in [0, 0.05) is 13.1 Å². The average molecular weight is 332 g/mol. The lowest BCUT2D eigenvalue weighted by Gasteiger charge is -2.37. The second-order valence-electron chi connectivity index (χ2n) is 5.72. The first kappa shape index (κ1) is 17.6. The van der Waals surface area contributed by atoms with E-state index in [1.54, 1.807) is 6.07 Å². The minimum absolute atomic E-state index is 0.140. The van der Waals surface area contributed by atoms with Gasteiger partial charge in [0.25, 0.3) is 5.91 Å². The second kappa shape index (κ2) is 6.76. The molecule has 0 spiro atoms. The summed E-state index contributed by atoms with van der Waals surface area (Å²) in [7, 11) is 0. The first-order chi connectivity index (χ1) is 10.7. The number of likely N-dealkylation sites (tertiary alicyclic amines) is 1. The van der Waals surface area contributed by atoms with Gasteiger partial charge >= 0.3 is 6.36 Å². The monoisotopic (exact) mass is 332 g/mol. The summed E-state index contributed by atoms with van der Waals surface area (Å²) in [6, 6.07) is 5.77. The Bertz CT molecular complexity index is 565. The van der Waals surface area contributed by atoms with Gasteiger partial charge in [-0.2, -0.15) is 0 Å². The first-order valence-corrected chi connectivity index (χ1v) is 7.27. The van der Waals surface area contributed by atoms with E-state index < -0.39 is 17.9 Å². The standard InChI is InChI=1S/C15H19F3N2O3/c16-15(17,18)23-12-4-1-3-11(9-12)5-8-20-7-2-6-14(22,10-20)13(19)21/h1,3-4,9,22H,2,5-8,10H2,(H2,19,21)/t14-/m0/s1. The van der Waals surface area contributed by atoms with Crippen LogP contribution in [0.25, 0.3) is 0 Å². The third-order valence-electron chi connectivity index (χ3n) is 3.86. The lowest BCUT2D eigenvalue weighted by molar-refractivity contribution is -0.274. The number of ether oxygens (including phenoxy) is 1. The third kappa shape index (κ3) is 5.11. The van der Waals surface area contributed by atoms with Crippen LogP contribution in [0.2, 0.25) is 0 Å². The number of primary amides is 1. The lowest BCUT2D eigenvalue weighted by atomic mass is 9.92. The normalized spacial score (nSPS) is 22.8. The van der Waals surface area contributed by atoms with Crippen LogP contribution in [-0.2, 0) is 11.2 Å². The summed E-state index contributed by atoms with van der Waals surface area (Å²) in [6.45, 7) is 1.35. The average Bonchev–Trinajstić information content (AvgIpc) is 2.44. The zero-order chi connectivity index (χ0) is 17.1. The molecule has 1 amide bonds. The molecule has 0 bridgehead atoms. The molecule has 2 rings (SSSR count). The molecule has 0 aliphatic carbocycles. The number of alkyl halides is 3. The number of carbonyl (C=O) groups excluding carboxylic acids is 1. The molecule has 1 fully saturated rings. The van der Waals surface area contributed by atoms with Crippen molar-refractivity contribution in [3.63, 3.8) is 0 Å². The molecule has 0 saturated carbocycles. The van der Waals surface area contributed by atoms with Crippen LogP contribution in [0.4, 0.5) is 13.2 Å². The maximum Gasteiger partial charge on any atom is 0.573 e. The van der Waals surface area contributed by atoms with Gasteiger partial charge in [-0.25, -0.2) is 0 Å². The summed E-state index contributed by atoms with van der Waals surface area (Å²) in [5, 5.41) is 10.1. The number of halogens is 3. The van der Waals surface area contributed by atoms with Crippen molar-refractivity contribution in [2.24, 2.45) is 5.73 Å². The molecule has 3 N–H and O–H groups in total. The maximum absolute atomic E-state index is 12.2. The van der Waals surface area contributed by atoms with Crippen LogP contribution in [0.5, 0.6) is 5.75 Å². The molecule has 1 heterocycles. The summed E-state index contributed by atoms with van der Waals surface area (Å²) < 4.78 is 40.5. The molecule has 1 atom stereocenters. The van der Waals surface area contributed by atoms with Gasteiger partial charge in [-0.05, 0) is 43.5 Å². The fourth-order valence-electron chi connectivity index (χ4n) is 2.70. The fourth-order valence-corrected chi connectivity index (χ4v) is 2.70.